The lowest BCUT2D eigenvalue weighted by molar-refractivity contribution is -0.385. The molecule has 1 aromatic rings. The Morgan fingerprint density at radius 2 is 2.21 bits per heavy atom. The monoisotopic (exact) mass is 268 g/mol. The summed E-state index contributed by atoms with van der Waals surface area (Å²) in [6, 6.07) is 5.53. The summed E-state index contributed by atoms with van der Waals surface area (Å²) in [6.07, 6.45) is -2.81. The lowest BCUT2D eigenvalue weighted by Gasteiger charge is -2.15. The maximum atomic E-state index is 10.8. The molecule has 2 rings (SSSR count). The third-order valence-electron chi connectivity index (χ3n) is 2.82. The number of amides is 1. The topological polar surface area (TPSA) is 113 Å². The lowest BCUT2D eigenvalue weighted by Crippen LogP contribution is -2.30. The molecular formula is C11H12N2O6. The number of carbonyl (C=O) groups is 1. The second-order valence-corrected chi connectivity index (χ2v) is 4.17. The fraction of sp³-hybridized carbons (Fsp3) is 0.364. The van der Waals surface area contributed by atoms with E-state index in [2.05, 4.69) is 0 Å². The van der Waals surface area contributed by atoms with Gasteiger partial charge in [-0.15, -0.1) is 0 Å². The molecule has 0 aliphatic carbocycles. The standard InChI is InChI=1S/C11H12N2O6/c14-9-5-12(11(15)16)6-10(9)19-8-3-1-2-7(4-8)13(17)18/h1-4,9-10,14H,5-6H2,(H,15,16)/t9-,10-/m1/s1. The Labute approximate surface area is 108 Å². The van der Waals surface area contributed by atoms with Crippen molar-refractivity contribution in [2.24, 2.45) is 0 Å². The predicted molar refractivity (Wildman–Crippen MR) is 63.1 cm³/mol. The van der Waals surface area contributed by atoms with E-state index in [9.17, 15) is 20.0 Å². The zero-order chi connectivity index (χ0) is 14.0. The van der Waals surface area contributed by atoms with Gasteiger partial charge in [0.15, 0.2) is 0 Å². The maximum absolute atomic E-state index is 10.8. The number of nitro groups is 1. The Balaban J connectivity index is 2.07. The Bertz CT molecular complexity index is 506. The zero-order valence-electron chi connectivity index (χ0n) is 9.80. The van der Waals surface area contributed by atoms with Crippen molar-refractivity contribution in [3.05, 3.63) is 34.4 Å². The van der Waals surface area contributed by atoms with E-state index in [4.69, 9.17) is 9.84 Å². The SMILES string of the molecule is O=C(O)N1C[C@@H](O)[C@H](Oc2cccc([N+](=O)[O-])c2)C1. The third kappa shape index (κ3) is 2.91. The van der Waals surface area contributed by atoms with Gasteiger partial charge in [-0.2, -0.15) is 0 Å². The molecule has 0 bridgehead atoms. The van der Waals surface area contributed by atoms with Gasteiger partial charge in [0.2, 0.25) is 0 Å². The van der Waals surface area contributed by atoms with Gasteiger partial charge in [-0.25, -0.2) is 4.79 Å². The van der Waals surface area contributed by atoms with Crippen LogP contribution in [0.25, 0.3) is 0 Å². The van der Waals surface area contributed by atoms with Crippen molar-refractivity contribution in [1.82, 2.24) is 4.90 Å². The first-order valence-corrected chi connectivity index (χ1v) is 5.54. The molecule has 1 aromatic carbocycles. The average Bonchev–Trinajstić information content (AvgIpc) is 2.71. The van der Waals surface area contributed by atoms with Gasteiger partial charge in [-0.1, -0.05) is 6.07 Å². The summed E-state index contributed by atoms with van der Waals surface area (Å²) in [6.45, 7) is -0.00583. The number of hydrogen-bond acceptors (Lipinski definition) is 5. The number of benzene rings is 1. The largest absolute Gasteiger partial charge is 0.486 e. The molecule has 102 valence electrons. The van der Waals surface area contributed by atoms with E-state index < -0.39 is 23.2 Å². The first-order chi connectivity index (χ1) is 8.97. The molecule has 19 heavy (non-hydrogen) atoms. The molecule has 8 nitrogen and oxygen atoms in total. The molecule has 8 heteroatoms. The van der Waals surface area contributed by atoms with Crippen LogP contribution in [-0.2, 0) is 0 Å². The van der Waals surface area contributed by atoms with Crippen LogP contribution in [0.15, 0.2) is 24.3 Å². The summed E-state index contributed by atoms with van der Waals surface area (Å²) in [5.41, 5.74) is -0.125. The molecule has 0 saturated carbocycles. The Kier molecular flexibility index (Phi) is 3.52. The normalized spacial score (nSPS) is 22.3. The molecule has 2 atom stereocenters. The fourth-order valence-electron chi connectivity index (χ4n) is 1.87. The van der Waals surface area contributed by atoms with Gasteiger partial charge in [0.1, 0.15) is 18.0 Å². The van der Waals surface area contributed by atoms with E-state index in [1.807, 2.05) is 0 Å². The maximum Gasteiger partial charge on any atom is 0.407 e. The molecule has 0 aromatic heterocycles. The Morgan fingerprint density at radius 1 is 1.47 bits per heavy atom. The van der Waals surface area contributed by atoms with Crippen LogP contribution in [0.1, 0.15) is 0 Å². The molecule has 0 radical (unpaired) electrons. The number of aliphatic hydroxyl groups excluding tert-OH is 1. The van der Waals surface area contributed by atoms with Gasteiger partial charge in [0.25, 0.3) is 5.69 Å². The molecule has 1 fully saturated rings. The fourth-order valence-corrected chi connectivity index (χ4v) is 1.87. The number of β-amino-alcohol motifs (C(OH)–C–C–N with tert-alkyl or cyclic N) is 1. The highest BCUT2D eigenvalue weighted by atomic mass is 16.6. The van der Waals surface area contributed by atoms with Crippen LogP contribution in [0, 0.1) is 10.1 Å². The smallest absolute Gasteiger partial charge is 0.407 e. The summed E-state index contributed by atoms with van der Waals surface area (Å²) in [5.74, 6) is 0.227. The second-order valence-electron chi connectivity index (χ2n) is 4.17. The van der Waals surface area contributed by atoms with Crippen LogP contribution in [0.3, 0.4) is 0 Å². The summed E-state index contributed by atoms with van der Waals surface area (Å²) < 4.78 is 5.40. The molecule has 1 heterocycles. The number of nitro benzene ring substituents is 1. The summed E-state index contributed by atoms with van der Waals surface area (Å²) in [7, 11) is 0. The van der Waals surface area contributed by atoms with Crippen LogP contribution < -0.4 is 4.74 Å². The highest BCUT2D eigenvalue weighted by molar-refractivity contribution is 5.65. The van der Waals surface area contributed by atoms with Crippen LogP contribution in [0.2, 0.25) is 0 Å². The minimum Gasteiger partial charge on any atom is -0.486 e. The van der Waals surface area contributed by atoms with Crippen LogP contribution in [-0.4, -0.2) is 51.4 Å². The van der Waals surface area contributed by atoms with Crippen molar-refractivity contribution in [2.75, 3.05) is 13.1 Å². The second kappa shape index (κ2) is 5.11. The number of carboxylic acid groups (broad SMARTS) is 1. The molecule has 0 spiro atoms. The number of hydrogen-bond donors (Lipinski definition) is 2. The average molecular weight is 268 g/mol. The van der Waals surface area contributed by atoms with E-state index in [1.54, 1.807) is 0 Å². The summed E-state index contributed by atoms with van der Waals surface area (Å²) >= 11 is 0. The predicted octanol–water partition coefficient (Wildman–Crippen LogP) is 0.697. The van der Waals surface area contributed by atoms with Crippen molar-refractivity contribution < 1.29 is 24.7 Å². The summed E-state index contributed by atoms with van der Waals surface area (Å²) in [5, 5.41) is 29.1. The van der Waals surface area contributed by atoms with Crippen molar-refractivity contribution in [2.45, 2.75) is 12.2 Å². The highest BCUT2D eigenvalue weighted by Gasteiger charge is 2.35. The number of non-ortho nitro benzene ring substituents is 1. The van der Waals surface area contributed by atoms with Crippen molar-refractivity contribution >= 4 is 11.8 Å². The first kappa shape index (κ1) is 13.1. The first-order valence-electron chi connectivity index (χ1n) is 5.54. The molecule has 0 unspecified atom stereocenters. The number of nitrogens with zero attached hydrogens (tertiary/aromatic N) is 2. The molecule has 1 saturated heterocycles. The molecule has 1 amide bonds. The molecule has 1 aliphatic rings. The number of ether oxygens (including phenoxy) is 1. The number of aliphatic hydroxyl groups is 1. The van der Waals surface area contributed by atoms with Gasteiger partial charge in [-0.3, -0.25) is 10.1 Å². The minimum atomic E-state index is -1.14. The van der Waals surface area contributed by atoms with Crippen LogP contribution in [0.5, 0.6) is 5.75 Å². The Morgan fingerprint density at radius 3 is 2.79 bits per heavy atom. The van der Waals surface area contributed by atoms with Gasteiger partial charge in [0.05, 0.1) is 24.1 Å². The van der Waals surface area contributed by atoms with Gasteiger partial charge in [0, 0.05) is 6.07 Å². The van der Waals surface area contributed by atoms with E-state index in [0.29, 0.717) is 0 Å². The minimum absolute atomic E-state index is 0.0270. The van der Waals surface area contributed by atoms with E-state index >= 15 is 0 Å². The van der Waals surface area contributed by atoms with E-state index in [1.165, 1.54) is 24.3 Å². The van der Waals surface area contributed by atoms with E-state index in [-0.39, 0.29) is 24.5 Å². The van der Waals surface area contributed by atoms with Crippen molar-refractivity contribution in [3.63, 3.8) is 0 Å². The number of likely N-dealkylation sites (tertiary alicyclic amines) is 1. The van der Waals surface area contributed by atoms with Gasteiger partial charge < -0.3 is 19.8 Å². The van der Waals surface area contributed by atoms with Crippen LogP contribution >= 0.6 is 0 Å². The van der Waals surface area contributed by atoms with Gasteiger partial charge in [-0.05, 0) is 6.07 Å². The summed E-state index contributed by atoms with van der Waals surface area (Å²) in [4.78, 5) is 21.8. The van der Waals surface area contributed by atoms with Crippen molar-refractivity contribution in [1.29, 1.82) is 0 Å². The number of rotatable bonds is 3. The van der Waals surface area contributed by atoms with Crippen molar-refractivity contribution in [3.8, 4) is 5.75 Å². The highest BCUT2D eigenvalue weighted by Crippen LogP contribution is 2.23. The third-order valence-corrected chi connectivity index (χ3v) is 2.82. The van der Waals surface area contributed by atoms with Gasteiger partial charge >= 0.3 is 6.09 Å². The molecular weight excluding hydrogens is 256 g/mol. The lowest BCUT2D eigenvalue weighted by atomic mass is 10.2. The Hall–Kier alpha value is -2.35. The molecule has 2 N–H and O–H groups in total. The van der Waals surface area contributed by atoms with E-state index in [0.717, 1.165) is 4.90 Å². The quantitative estimate of drug-likeness (QED) is 0.616. The zero-order valence-corrected chi connectivity index (χ0v) is 9.80. The molecule has 1 aliphatic heterocycles. The van der Waals surface area contributed by atoms with Crippen LogP contribution in [0.4, 0.5) is 10.5 Å².